The van der Waals surface area contributed by atoms with Gasteiger partial charge in [0.1, 0.15) is 5.82 Å². The molecule has 1 aromatic heterocycles. The molecule has 2 aromatic rings. The normalized spacial score (nSPS) is 10.7. The van der Waals surface area contributed by atoms with E-state index in [1.807, 2.05) is 0 Å². The lowest BCUT2D eigenvalue weighted by molar-refractivity contribution is 0.970. The third-order valence-electron chi connectivity index (χ3n) is 1.95. The van der Waals surface area contributed by atoms with E-state index < -0.39 is 0 Å². The van der Waals surface area contributed by atoms with Crippen molar-refractivity contribution in [1.29, 1.82) is 0 Å². The second-order valence-electron chi connectivity index (χ2n) is 2.95. The number of aromatic nitrogens is 3. The highest BCUT2D eigenvalue weighted by Gasteiger charge is 2.09. The second-order valence-corrected chi connectivity index (χ2v) is 4.10. The summed E-state index contributed by atoms with van der Waals surface area (Å²) in [6, 6.07) is 5.22. The van der Waals surface area contributed by atoms with Crippen LogP contribution in [0.15, 0.2) is 18.2 Å². The SMILES string of the molecule is Cc1nnc(Cl)n1-c1ccc(Cl)c(Cl)c1. The number of halogens is 3. The molecule has 0 spiro atoms. The number of hydrogen-bond donors (Lipinski definition) is 0. The summed E-state index contributed by atoms with van der Waals surface area (Å²) in [5.41, 5.74) is 0.789. The fourth-order valence-corrected chi connectivity index (χ4v) is 1.80. The van der Waals surface area contributed by atoms with Crippen LogP contribution in [0.5, 0.6) is 0 Å². The van der Waals surface area contributed by atoms with Gasteiger partial charge in [-0.05, 0) is 36.7 Å². The van der Waals surface area contributed by atoms with Crippen LogP contribution in [0.4, 0.5) is 0 Å². The maximum Gasteiger partial charge on any atom is 0.229 e. The third-order valence-corrected chi connectivity index (χ3v) is 2.93. The van der Waals surface area contributed by atoms with E-state index in [-0.39, 0.29) is 0 Å². The maximum absolute atomic E-state index is 5.91. The quantitative estimate of drug-likeness (QED) is 0.787. The fourth-order valence-electron chi connectivity index (χ4n) is 1.25. The molecule has 0 N–H and O–H groups in total. The van der Waals surface area contributed by atoms with Gasteiger partial charge in [0.2, 0.25) is 5.28 Å². The Labute approximate surface area is 102 Å². The minimum Gasteiger partial charge on any atom is -0.270 e. The molecule has 0 radical (unpaired) electrons. The highest BCUT2D eigenvalue weighted by atomic mass is 35.5. The first-order valence-corrected chi connectivity index (χ1v) is 5.26. The molecule has 0 amide bonds. The van der Waals surface area contributed by atoms with Crippen molar-refractivity contribution >= 4 is 34.8 Å². The first-order valence-electron chi connectivity index (χ1n) is 4.12. The molecule has 1 aromatic carbocycles. The van der Waals surface area contributed by atoms with E-state index >= 15 is 0 Å². The van der Waals surface area contributed by atoms with Crippen molar-refractivity contribution in [3.63, 3.8) is 0 Å². The van der Waals surface area contributed by atoms with E-state index in [0.29, 0.717) is 21.2 Å². The van der Waals surface area contributed by atoms with Crippen LogP contribution in [-0.2, 0) is 0 Å². The van der Waals surface area contributed by atoms with Gasteiger partial charge in [0.05, 0.1) is 15.7 Å². The Balaban J connectivity index is 2.59. The van der Waals surface area contributed by atoms with Crippen molar-refractivity contribution in [3.8, 4) is 5.69 Å². The van der Waals surface area contributed by atoms with Crippen molar-refractivity contribution in [2.45, 2.75) is 6.92 Å². The molecule has 3 nitrogen and oxygen atoms in total. The number of nitrogens with zero attached hydrogens (tertiary/aromatic N) is 3. The minimum absolute atomic E-state index is 0.297. The minimum atomic E-state index is 0.297. The number of benzene rings is 1. The van der Waals surface area contributed by atoms with Crippen molar-refractivity contribution in [1.82, 2.24) is 14.8 Å². The van der Waals surface area contributed by atoms with Crippen LogP contribution in [0.25, 0.3) is 5.69 Å². The monoisotopic (exact) mass is 261 g/mol. The van der Waals surface area contributed by atoms with Crippen molar-refractivity contribution in [3.05, 3.63) is 39.4 Å². The summed E-state index contributed by atoms with van der Waals surface area (Å²) < 4.78 is 1.68. The number of rotatable bonds is 1. The van der Waals surface area contributed by atoms with E-state index in [1.54, 1.807) is 29.7 Å². The molecule has 0 atom stereocenters. The largest absolute Gasteiger partial charge is 0.270 e. The zero-order chi connectivity index (χ0) is 11.0. The first-order chi connectivity index (χ1) is 7.09. The molecular weight excluding hydrogens is 256 g/mol. The summed E-state index contributed by atoms with van der Waals surface area (Å²) in [6.07, 6.45) is 0. The van der Waals surface area contributed by atoms with Crippen molar-refractivity contribution in [2.75, 3.05) is 0 Å². The van der Waals surface area contributed by atoms with Crippen LogP contribution in [0.2, 0.25) is 15.3 Å². The van der Waals surface area contributed by atoms with Gasteiger partial charge >= 0.3 is 0 Å². The van der Waals surface area contributed by atoms with Gasteiger partial charge in [-0.15, -0.1) is 10.2 Å². The fraction of sp³-hybridized carbons (Fsp3) is 0.111. The molecule has 78 valence electrons. The van der Waals surface area contributed by atoms with E-state index in [4.69, 9.17) is 34.8 Å². The van der Waals surface area contributed by atoms with Crippen LogP contribution >= 0.6 is 34.8 Å². The molecule has 0 bridgehead atoms. The molecule has 0 aliphatic rings. The van der Waals surface area contributed by atoms with Crippen LogP contribution in [0, 0.1) is 6.92 Å². The maximum atomic E-state index is 5.91. The van der Waals surface area contributed by atoms with Gasteiger partial charge in [-0.3, -0.25) is 4.57 Å². The average Bonchev–Trinajstić information content (AvgIpc) is 2.52. The molecule has 0 unspecified atom stereocenters. The van der Waals surface area contributed by atoms with Gasteiger partial charge < -0.3 is 0 Å². The summed E-state index contributed by atoms with van der Waals surface area (Å²) >= 11 is 17.6. The lowest BCUT2D eigenvalue weighted by Crippen LogP contribution is -1.96. The van der Waals surface area contributed by atoms with Crippen LogP contribution in [-0.4, -0.2) is 14.8 Å². The predicted molar refractivity (Wildman–Crippen MR) is 61.1 cm³/mol. The summed E-state index contributed by atoms with van der Waals surface area (Å²) in [5, 5.41) is 8.87. The number of aryl methyl sites for hydroxylation is 1. The Kier molecular flexibility index (Phi) is 2.87. The zero-order valence-corrected chi connectivity index (χ0v) is 9.98. The topological polar surface area (TPSA) is 30.7 Å². The molecule has 15 heavy (non-hydrogen) atoms. The van der Waals surface area contributed by atoms with E-state index in [0.717, 1.165) is 5.69 Å². The van der Waals surface area contributed by atoms with E-state index in [9.17, 15) is 0 Å². The Morgan fingerprint density at radius 1 is 1.07 bits per heavy atom. The van der Waals surface area contributed by atoms with Crippen LogP contribution < -0.4 is 0 Å². The van der Waals surface area contributed by atoms with Gasteiger partial charge in [0, 0.05) is 0 Å². The van der Waals surface area contributed by atoms with Gasteiger partial charge in [-0.2, -0.15) is 0 Å². The van der Waals surface area contributed by atoms with Crippen LogP contribution in [0.1, 0.15) is 5.82 Å². The van der Waals surface area contributed by atoms with Gasteiger partial charge in [0.15, 0.2) is 0 Å². The highest BCUT2D eigenvalue weighted by molar-refractivity contribution is 6.42. The van der Waals surface area contributed by atoms with E-state index in [1.165, 1.54) is 0 Å². The summed E-state index contributed by atoms with van der Waals surface area (Å²) in [7, 11) is 0. The molecule has 0 fully saturated rings. The van der Waals surface area contributed by atoms with Gasteiger partial charge in [-0.25, -0.2) is 0 Å². The molecule has 0 aliphatic heterocycles. The lowest BCUT2D eigenvalue weighted by Gasteiger charge is -2.06. The van der Waals surface area contributed by atoms with Gasteiger partial charge in [-0.1, -0.05) is 23.2 Å². The molecule has 2 rings (SSSR count). The molecule has 0 saturated carbocycles. The Morgan fingerprint density at radius 2 is 1.80 bits per heavy atom. The Morgan fingerprint density at radius 3 is 2.33 bits per heavy atom. The Hall–Kier alpha value is -0.770. The van der Waals surface area contributed by atoms with Crippen LogP contribution in [0.3, 0.4) is 0 Å². The zero-order valence-electron chi connectivity index (χ0n) is 7.71. The van der Waals surface area contributed by atoms with E-state index in [2.05, 4.69) is 10.2 Å². The third kappa shape index (κ3) is 1.95. The predicted octanol–water partition coefficient (Wildman–Crippen LogP) is 3.54. The summed E-state index contributed by atoms with van der Waals surface area (Å²) in [4.78, 5) is 0. The van der Waals surface area contributed by atoms with Gasteiger partial charge in [0.25, 0.3) is 0 Å². The first kappa shape index (κ1) is 10.7. The molecule has 1 heterocycles. The molecule has 0 aliphatic carbocycles. The highest BCUT2D eigenvalue weighted by Crippen LogP contribution is 2.26. The molecule has 0 saturated heterocycles. The standard InChI is InChI=1S/C9H6Cl3N3/c1-5-13-14-9(12)15(5)6-2-3-7(10)8(11)4-6/h2-4H,1H3. The second kappa shape index (κ2) is 4.00. The Bertz CT molecular complexity index is 488. The summed E-state index contributed by atoms with van der Waals surface area (Å²) in [6.45, 7) is 1.81. The number of hydrogen-bond acceptors (Lipinski definition) is 2. The molecular formula is C9H6Cl3N3. The van der Waals surface area contributed by atoms with Crippen molar-refractivity contribution < 1.29 is 0 Å². The summed E-state index contributed by atoms with van der Waals surface area (Å²) in [5.74, 6) is 0.693. The molecule has 6 heteroatoms. The lowest BCUT2D eigenvalue weighted by atomic mass is 10.3. The smallest absolute Gasteiger partial charge is 0.229 e. The van der Waals surface area contributed by atoms with Crippen molar-refractivity contribution in [2.24, 2.45) is 0 Å². The average molecular weight is 263 g/mol.